The minimum atomic E-state index is 0.0751. The van der Waals surface area contributed by atoms with Crippen molar-refractivity contribution in [2.75, 3.05) is 4.90 Å². The fourth-order valence-electron chi connectivity index (χ4n) is 9.05. The van der Waals surface area contributed by atoms with E-state index in [1.165, 1.54) is 48.5 Å². The molecule has 12 rings (SSSR count). The van der Waals surface area contributed by atoms with Crippen LogP contribution in [-0.2, 0) is 0 Å². The lowest BCUT2D eigenvalue weighted by Gasteiger charge is -2.30. The Morgan fingerprint density at radius 2 is 1.12 bits per heavy atom. The number of hydrogen-bond donors (Lipinski definition) is 0. The summed E-state index contributed by atoms with van der Waals surface area (Å²) >= 11 is 1.80. The average molecular weight is 748 g/mol. The molecule has 0 N–H and O–H groups in total. The first-order chi connectivity index (χ1) is 28.3. The van der Waals surface area contributed by atoms with E-state index >= 15 is 0 Å². The third-order valence-electron chi connectivity index (χ3n) is 11.5. The third kappa shape index (κ3) is 4.97. The van der Waals surface area contributed by atoms with Gasteiger partial charge in [0.1, 0.15) is 0 Å². The van der Waals surface area contributed by atoms with E-state index in [1.807, 2.05) is 36.4 Å². The molecule has 0 bridgehead atoms. The van der Waals surface area contributed by atoms with E-state index in [1.54, 1.807) is 11.3 Å². The summed E-state index contributed by atoms with van der Waals surface area (Å²) in [5.41, 5.74) is 10.1. The molecule has 0 saturated carbocycles. The molecule has 0 radical (unpaired) electrons. The molecule has 4 heterocycles. The number of aromatic nitrogens is 4. The van der Waals surface area contributed by atoms with Crippen LogP contribution < -0.4 is 4.90 Å². The third-order valence-corrected chi connectivity index (χ3v) is 12.8. The van der Waals surface area contributed by atoms with Crippen molar-refractivity contribution in [2.24, 2.45) is 0 Å². The fraction of sp³-hybridized carbons (Fsp3) is 0.0392. The van der Waals surface area contributed by atoms with Gasteiger partial charge in [0.2, 0.25) is 0 Å². The second-order valence-electron chi connectivity index (χ2n) is 14.8. The number of hydrogen-bond acceptors (Lipinski definition) is 5. The van der Waals surface area contributed by atoms with Crippen LogP contribution in [0.3, 0.4) is 0 Å². The van der Waals surface area contributed by atoms with Crippen molar-refractivity contribution in [1.82, 2.24) is 19.5 Å². The van der Waals surface area contributed by atoms with Crippen molar-refractivity contribution >= 4 is 64.7 Å². The molecule has 0 spiro atoms. The van der Waals surface area contributed by atoms with Gasteiger partial charge in [-0.25, -0.2) is 15.0 Å². The van der Waals surface area contributed by atoms with Crippen molar-refractivity contribution in [3.8, 4) is 39.9 Å². The summed E-state index contributed by atoms with van der Waals surface area (Å²) in [5.74, 6) is 2.15. The number of allylic oxidation sites excluding steroid dienone is 2. The van der Waals surface area contributed by atoms with E-state index < -0.39 is 0 Å². The zero-order valence-electron chi connectivity index (χ0n) is 30.7. The smallest absolute Gasteiger partial charge is 0.165 e. The minimum absolute atomic E-state index is 0.0751. The second kappa shape index (κ2) is 12.7. The number of benzene rings is 7. The Morgan fingerprint density at radius 1 is 0.491 bits per heavy atom. The van der Waals surface area contributed by atoms with Gasteiger partial charge in [-0.15, -0.1) is 11.3 Å². The molecule has 1 aliphatic carbocycles. The number of thiophene rings is 1. The summed E-state index contributed by atoms with van der Waals surface area (Å²) < 4.78 is 4.86. The molecule has 0 amide bonds. The highest BCUT2D eigenvalue weighted by Crippen LogP contribution is 2.54. The van der Waals surface area contributed by atoms with Gasteiger partial charge in [0.15, 0.2) is 17.5 Å². The number of rotatable bonds is 5. The van der Waals surface area contributed by atoms with Crippen LogP contribution in [0, 0.1) is 0 Å². The molecular weight excluding hydrogens is 715 g/mol. The maximum Gasteiger partial charge on any atom is 0.165 e. The SMILES string of the molecule is C1=CC2c3ccc4c5ccccc5n(-c5ccccc5)c4c3N(c3cc(-c4nc(-c5ccccc5)nc(-c5ccccc5)n4)c4sc5ccccc5c4c3)C2C=C1. The van der Waals surface area contributed by atoms with Crippen molar-refractivity contribution in [2.45, 2.75) is 12.0 Å². The van der Waals surface area contributed by atoms with E-state index in [0.29, 0.717) is 17.5 Å². The normalized spacial score (nSPS) is 15.9. The highest BCUT2D eigenvalue weighted by Gasteiger charge is 2.40. The Labute approximate surface area is 333 Å². The van der Waals surface area contributed by atoms with E-state index in [0.717, 1.165) is 32.8 Å². The maximum absolute atomic E-state index is 5.28. The van der Waals surface area contributed by atoms with Crippen molar-refractivity contribution in [3.05, 3.63) is 194 Å². The number of fused-ring (bicyclic) bond motifs is 10. The highest BCUT2D eigenvalue weighted by molar-refractivity contribution is 7.26. The Hall–Kier alpha value is -7.15. The topological polar surface area (TPSA) is 46.8 Å². The van der Waals surface area contributed by atoms with Crippen molar-refractivity contribution in [3.63, 3.8) is 0 Å². The molecule has 3 aromatic heterocycles. The van der Waals surface area contributed by atoms with Crippen LogP contribution in [0.4, 0.5) is 11.4 Å². The van der Waals surface area contributed by atoms with E-state index in [4.69, 9.17) is 15.0 Å². The molecule has 5 nitrogen and oxygen atoms in total. The quantitative estimate of drug-likeness (QED) is 0.176. The van der Waals surface area contributed by atoms with Crippen LogP contribution >= 0.6 is 11.3 Å². The largest absolute Gasteiger partial charge is 0.332 e. The summed E-state index contributed by atoms with van der Waals surface area (Å²) in [6.07, 6.45) is 9.14. The molecule has 1 aliphatic heterocycles. The van der Waals surface area contributed by atoms with Gasteiger partial charge in [0.25, 0.3) is 0 Å². The Balaban J connectivity index is 1.18. The predicted octanol–water partition coefficient (Wildman–Crippen LogP) is 13.1. The monoisotopic (exact) mass is 747 g/mol. The van der Waals surface area contributed by atoms with Gasteiger partial charge in [-0.1, -0.05) is 152 Å². The summed E-state index contributed by atoms with van der Waals surface area (Å²) in [5, 5.41) is 4.91. The van der Waals surface area contributed by atoms with E-state index in [2.05, 4.69) is 161 Å². The Morgan fingerprint density at radius 3 is 1.88 bits per heavy atom. The molecule has 0 fully saturated rings. The number of para-hydroxylation sites is 2. The zero-order valence-corrected chi connectivity index (χ0v) is 31.5. The van der Waals surface area contributed by atoms with E-state index in [-0.39, 0.29) is 12.0 Å². The number of anilines is 2. The molecule has 6 heteroatoms. The second-order valence-corrected chi connectivity index (χ2v) is 15.8. The molecule has 57 heavy (non-hydrogen) atoms. The van der Waals surface area contributed by atoms with Gasteiger partial charge in [-0.05, 0) is 42.0 Å². The average Bonchev–Trinajstić information content (AvgIpc) is 3.95. The van der Waals surface area contributed by atoms with E-state index in [9.17, 15) is 0 Å². The lowest BCUT2D eigenvalue weighted by atomic mass is 9.91. The van der Waals surface area contributed by atoms with Crippen molar-refractivity contribution < 1.29 is 0 Å². The first-order valence-corrected chi connectivity index (χ1v) is 20.2. The van der Waals surface area contributed by atoms with Gasteiger partial charge in [0.05, 0.1) is 22.8 Å². The molecule has 268 valence electrons. The summed E-state index contributed by atoms with van der Waals surface area (Å²) in [4.78, 5) is 18.2. The van der Waals surface area contributed by atoms with Crippen LogP contribution in [0.15, 0.2) is 188 Å². The van der Waals surface area contributed by atoms with Gasteiger partial charge in [-0.3, -0.25) is 0 Å². The Bertz CT molecular complexity index is 3200. The lowest BCUT2D eigenvalue weighted by molar-refractivity contribution is 0.745. The zero-order chi connectivity index (χ0) is 37.5. The van der Waals surface area contributed by atoms with Gasteiger partial charge < -0.3 is 9.47 Å². The molecule has 10 aromatic rings. The van der Waals surface area contributed by atoms with Crippen LogP contribution in [0.2, 0.25) is 0 Å². The van der Waals surface area contributed by atoms with Gasteiger partial charge in [-0.2, -0.15) is 0 Å². The van der Waals surface area contributed by atoms with Gasteiger partial charge in [0, 0.05) is 64.9 Å². The molecule has 0 saturated heterocycles. The predicted molar refractivity (Wildman–Crippen MR) is 237 cm³/mol. The van der Waals surface area contributed by atoms with Crippen LogP contribution in [0.5, 0.6) is 0 Å². The first-order valence-electron chi connectivity index (χ1n) is 19.4. The molecule has 7 aromatic carbocycles. The Kier molecular flexibility index (Phi) is 7.16. The molecule has 2 atom stereocenters. The molecule has 2 aliphatic rings. The van der Waals surface area contributed by atoms with Crippen LogP contribution in [0.25, 0.3) is 81.8 Å². The highest BCUT2D eigenvalue weighted by atomic mass is 32.1. The summed E-state index contributed by atoms with van der Waals surface area (Å²) in [6.45, 7) is 0. The van der Waals surface area contributed by atoms with Crippen LogP contribution in [-0.4, -0.2) is 25.6 Å². The summed E-state index contributed by atoms with van der Waals surface area (Å²) in [7, 11) is 0. The fourth-order valence-corrected chi connectivity index (χ4v) is 10.2. The maximum atomic E-state index is 5.28. The van der Waals surface area contributed by atoms with Gasteiger partial charge >= 0.3 is 0 Å². The standard InChI is InChI=1S/C51H33N5S/c1-4-16-32(17-5-1)49-52-50(33-18-6-2-7-19-33)54-51(53-49)42-31-35(30-41-38-24-12-15-27-45(38)57-48(41)42)56-44-26-14-11-23-37(44)40-29-28-39-36-22-10-13-25-43(36)55(46(39)47(40)56)34-20-8-3-9-21-34/h1-31,37,44H. The lowest BCUT2D eigenvalue weighted by Crippen LogP contribution is -2.28. The van der Waals surface area contributed by atoms with Crippen molar-refractivity contribution in [1.29, 1.82) is 0 Å². The summed E-state index contributed by atoms with van der Waals surface area (Å²) in [6, 6.07) is 58.3. The number of nitrogens with zero attached hydrogens (tertiary/aromatic N) is 5. The molecular formula is C51H33N5S. The minimum Gasteiger partial charge on any atom is -0.332 e. The molecule has 2 unspecified atom stereocenters. The first kappa shape index (κ1) is 32.1. The van der Waals surface area contributed by atoms with Crippen LogP contribution in [0.1, 0.15) is 11.5 Å².